The van der Waals surface area contributed by atoms with Gasteiger partial charge in [-0.3, -0.25) is 4.90 Å². The first-order chi connectivity index (χ1) is 13.7. The highest BCUT2D eigenvalue weighted by Crippen LogP contribution is 2.29. The molecule has 1 aliphatic heterocycles. The number of rotatable bonds is 7. The molecule has 2 heterocycles. The van der Waals surface area contributed by atoms with Crippen LogP contribution in [-0.2, 0) is 0 Å². The summed E-state index contributed by atoms with van der Waals surface area (Å²) in [5, 5.41) is 11.6. The quantitative estimate of drug-likeness (QED) is 0.659. The number of aliphatic hydroxyl groups is 1. The number of piperazine rings is 1. The van der Waals surface area contributed by atoms with Crippen molar-refractivity contribution in [2.75, 3.05) is 51.3 Å². The topological polar surface area (TPSA) is 58.1 Å². The smallest absolute Gasteiger partial charge is 0.150 e. The Kier molecular flexibility index (Phi) is 5.95. The van der Waals surface area contributed by atoms with E-state index >= 15 is 0 Å². The molecule has 28 heavy (non-hydrogen) atoms. The first-order valence-corrected chi connectivity index (χ1v) is 10.3. The van der Waals surface area contributed by atoms with E-state index < -0.39 is 6.10 Å². The number of ether oxygens (including phenoxy) is 2. The molecule has 148 valence electrons. The number of benzene rings is 2. The summed E-state index contributed by atoms with van der Waals surface area (Å²) < 4.78 is 16.7. The zero-order valence-corrected chi connectivity index (χ0v) is 16.8. The van der Waals surface area contributed by atoms with Gasteiger partial charge < -0.3 is 19.5 Å². The molecule has 0 bridgehead atoms. The van der Waals surface area contributed by atoms with Gasteiger partial charge in [-0.1, -0.05) is 12.1 Å². The van der Waals surface area contributed by atoms with Gasteiger partial charge in [0, 0.05) is 38.1 Å². The molecule has 4 rings (SSSR count). The largest absolute Gasteiger partial charge is 0.497 e. The molecule has 1 atom stereocenters. The van der Waals surface area contributed by atoms with Crippen molar-refractivity contribution in [1.29, 1.82) is 0 Å². The van der Waals surface area contributed by atoms with Crippen LogP contribution in [0.1, 0.15) is 0 Å². The van der Waals surface area contributed by atoms with Crippen LogP contribution in [0.3, 0.4) is 0 Å². The Morgan fingerprint density at radius 1 is 1.04 bits per heavy atom. The molecular weight excluding hydrogens is 374 g/mol. The van der Waals surface area contributed by atoms with E-state index in [9.17, 15) is 5.11 Å². The van der Waals surface area contributed by atoms with Gasteiger partial charge in [0.1, 0.15) is 30.0 Å². The van der Waals surface area contributed by atoms with Gasteiger partial charge in [0.15, 0.2) is 0 Å². The molecule has 1 aliphatic rings. The van der Waals surface area contributed by atoms with E-state index in [-0.39, 0.29) is 6.61 Å². The maximum atomic E-state index is 10.3. The molecule has 1 saturated heterocycles. The van der Waals surface area contributed by atoms with Gasteiger partial charge >= 0.3 is 0 Å². The second-order valence-corrected chi connectivity index (χ2v) is 7.74. The van der Waals surface area contributed by atoms with Crippen LogP contribution in [0, 0.1) is 0 Å². The first kappa shape index (κ1) is 19.0. The Labute approximate surface area is 169 Å². The third kappa shape index (κ3) is 4.38. The SMILES string of the molecule is COc1ccc(OC[C@@H](O)CN2CCN(c3nsc4ccccc34)CC2)cc1. The average molecular weight is 400 g/mol. The van der Waals surface area contributed by atoms with E-state index in [1.807, 2.05) is 24.3 Å². The molecule has 0 amide bonds. The van der Waals surface area contributed by atoms with Crippen molar-refractivity contribution < 1.29 is 14.6 Å². The molecule has 1 aromatic heterocycles. The molecule has 0 radical (unpaired) electrons. The fourth-order valence-electron chi connectivity index (χ4n) is 3.46. The van der Waals surface area contributed by atoms with E-state index in [1.165, 1.54) is 10.1 Å². The molecule has 3 aromatic rings. The summed E-state index contributed by atoms with van der Waals surface area (Å²) in [5.41, 5.74) is 0. The Hall–Kier alpha value is -2.35. The zero-order valence-electron chi connectivity index (χ0n) is 16.0. The standard InChI is InChI=1S/C21H25N3O3S/c1-26-17-6-8-18(9-7-17)27-15-16(25)14-23-10-12-24(13-11-23)21-19-4-2-3-5-20(19)28-22-21/h2-9,16,25H,10-15H2,1H3/t16-/m0/s1. The molecule has 0 spiro atoms. The monoisotopic (exact) mass is 399 g/mol. The second-order valence-electron chi connectivity index (χ2n) is 6.93. The molecule has 1 N–H and O–H groups in total. The normalized spacial score (nSPS) is 16.3. The number of hydrogen-bond acceptors (Lipinski definition) is 7. The average Bonchev–Trinajstić information content (AvgIpc) is 3.17. The van der Waals surface area contributed by atoms with Crippen LogP contribution < -0.4 is 14.4 Å². The van der Waals surface area contributed by atoms with E-state index in [0.29, 0.717) is 6.54 Å². The van der Waals surface area contributed by atoms with Gasteiger partial charge in [0.05, 0.1) is 11.8 Å². The van der Waals surface area contributed by atoms with Gasteiger partial charge in [-0.25, -0.2) is 0 Å². The molecule has 6 nitrogen and oxygen atoms in total. The lowest BCUT2D eigenvalue weighted by atomic mass is 10.2. The Morgan fingerprint density at radius 2 is 1.75 bits per heavy atom. The molecule has 1 fully saturated rings. The van der Waals surface area contributed by atoms with Gasteiger partial charge in [-0.15, -0.1) is 0 Å². The van der Waals surface area contributed by atoms with Crippen molar-refractivity contribution in [2.45, 2.75) is 6.10 Å². The van der Waals surface area contributed by atoms with Crippen molar-refractivity contribution in [3.63, 3.8) is 0 Å². The number of hydrogen-bond donors (Lipinski definition) is 1. The van der Waals surface area contributed by atoms with Crippen LogP contribution in [0.5, 0.6) is 11.5 Å². The number of β-amino-alcohol motifs (C(OH)–C–C–N with tert-alkyl or cyclic N) is 1. The molecule has 7 heteroatoms. The van der Waals surface area contributed by atoms with Crippen LogP contribution in [-0.4, -0.2) is 66.9 Å². The number of aliphatic hydroxyl groups excluding tert-OH is 1. The molecule has 0 saturated carbocycles. The summed E-state index contributed by atoms with van der Waals surface area (Å²) in [7, 11) is 1.64. The Morgan fingerprint density at radius 3 is 2.50 bits per heavy atom. The lowest BCUT2D eigenvalue weighted by Gasteiger charge is -2.35. The minimum Gasteiger partial charge on any atom is -0.497 e. The van der Waals surface area contributed by atoms with Crippen LogP contribution in [0.25, 0.3) is 10.1 Å². The molecule has 2 aromatic carbocycles. The maximum Gasteiger partial charge on any atom is 0.150 e. The fraction of sp³-hybridized carbons (Fsp3) is 0.381. The maximum absolute atomic E-state index is 10.3. The summed E-state index contributed by atoms with van der Waals surface area (Å²) in [6.07, 6.45) is -0.520. The van der Waals surface area contributed by atoms with Crippen LogP contribution in [0.4, 0.5) is 5.82 Å². The summed E-state index contributed by atoms with van der Waals surface area (Å²) >= 11 is 1.56. The second kappa shape index (κ2) is 8.77. The van der Waals surface area contributed by atoms with Gasteiger partial charge in [-0.2, -0.15) is 4.37 Å². The lowest BCUT2D eigenvalue weighted by Crippen LogP contribution is -2.49. The Bertz CT molecular complexity index is 891. The van der Waals surface area contributed by atoms with E-state index in [4.69, 9.17) is 9.47 Å². The summed E-state index contributed by atoms with van der Waals surface area (Å²) in [6, 6.07) is 15.8. The summed E-state index contributed by atoms with van der Waals surface area (Å²) in [4.78, 5) is 4.63. The molecule has 0 aliphatic carbocycles. The van der Waals surface area contributed by atoms with Crippen LogP contribution in [0.2, 0.25) is 0 Å². The predicted molar refractivity (Wildman–Crippen MR) is 113 cm³/mol. The number of methoxy groups -OCH3 is 1. The van der Waals surface area contributed by atoms with E-state index in [2.05, 4.69) is 38.4 Å². The predicted octanol–water partition coefficient (Wildman–Crippen LogP) is 2.87. The molecular formula is C21H25N3O3S. The van der Waals surface area contributed by atoms with Crippen molar-refractivity contribution in [2.24, 2.45) is 0 Å². The number of anilines is 1. The summed E-state index contributed by atoms with van der Waals surface area (Å²) in [6.45, 7) is 4.54. The highest BCUT2D eigenvalue weighted by Gasteiger charge is 2.22. The third-order valence-electron chi connectivity index (χ3n) is 5.00. The van der Waals surface area contributed by atoms with Gasteiger partial charge in [0.25, 0.3) is 0 Å². The Balaban J connectivity index is 1.24. The number of aromatic nitrogens is 1. The fourth-order valence-corrected chi connectivity index (χ4v) is 4.25. The number of fused-ring (bicyclic) bond motifs is 1. The van der Waals surface area contributed by atoms with Gasteiger partial charge in [-0.05, 0) is 47.9 Å². The van der Waals surface area contributed by atoms with Crippen LogP contribution >= 0.6 is 11.5 Å². The van der Waals surface area contributed by atoms with E-state index in [0.717, 1.165) is 43.5 Å². The highest BCUT2D eigenvalue weighted by molar-refractivity contribution is 7.13. The van der Waals surface area contributed by atoms with Crippen molar-refractivity contribution in [1.82, 2.24) is 9.27 Å². The molecule has 0 unspecified atom stereocenters. The minimum absolute atomic E-state index is 0.281. The number of nitrogens with zero attached hydrogens (tertiary/aromatic N) is 3. The summed E-state index contributed by atoms with van der Waals surface area (Å²) in [5.74, 6) is 2.61. The highest BCUT2D eigenvalue weighted by atomic mass is 32.1. The van der Waals surface area contributed by atoms with Crippen molar-refractivity contribution in [3.8, 4) is 11.5 Å². The van der Waals surface area contributed by atoms with Crippen molar-refractivity contribution in [3.05, 3.63) is 48.5 Å². The zero-order chi connectivity index (χ0) is 19.3. The van der Waals surface area contributed by atoms with Crippen LogP contribution in [0.15, 0.2) is 48.5 Å². The minimum atomic E-state index is -0.520. The first-order valence-electron chi connectivity index (χ1n) is 9.49. The third-order valence-corrected chi connectivity index (χ3v) is 5.82. The van der Waals surface area contributed by atoms with Gasteiger partial charge in [0.2, 0.25) is 0 Å². The lowest BCUT2D eigenvalue weighted by molar-refractivity contribution is 0.0663. The van der Waals surface area contributed by atoms with Crippen molar-refractivity contribution >= 4 is 27.4 Å². The van der Waals surface area contributed by atoms with E-state index in [1.54, 1.807) is 18.6 Å².